The Bertz CT molecular complexity index is 557. The number of hydrogen-bond donors (Lipinski definition) is 1. The van der Waals surface area contributed by atoms with Crippen molar-refractivity contribution in [2.45, 2.75) is 68.2 Å². The van der Waals surface area contributed by atoms with E-state index in [0.717, 1.165) is 24.1 Å². The average molecular weight is 342 g/mol. The Hall–Kier alpha value is -2.02. The van der Waals surface area contributed by atoms with Crippen LogP contribution in [0.15, 0.2) is 71.5 Å². The first-order valence-electron chi connectivity index (χ1n) is 9.77. The molecule has 0 unspecified atom stereocenters. The fourth-order valence-corrected chi connectivity index (χ4v) is 2.20. The highest BCUT2D eigenvalue weighted by Gasteiger charge is 2.08. The highest BCUT2D eigenvalue weighted by atomic mass is 14.6. The van der Waals surface area contributed by atoms with Crippen LogP contribution in [0, 0.1) is 0 Å². The lowest BCUT2D eigenvalue weighted by atomic mass is 9.92. The number of hydrogen-bond acceptors (Lipinski definition) is 1. The highest BCUT2D eigenvalue weighted by Crippen LogP contribution is 2.28. The molecular weight excluding hydrogens is 302 g/mol. The zero-order chi connectivity index (χ0) is 19.7. The second-order valence-electron chi connectivity index (χ2n) is 4.87. The lowest BCUT2D eigenvalue weighted by molar-refractivity contribution is 1.03. The summed E-state index contributed by atoms with van der Waals surface area (Å²) >= 11 is 0. The van der Waals surface area contributed by atoms with Crippen LogP contribution in [0.1, 0.15) is 73.8 Å². The summed E-state index contributed by atoms with van der Waals surface area (Å²) in [6.07, 6.45) is 10.7. The Morgan fingerprint density at radius 1 is 0.960 bits per heavy atom. The van der Waals surface area contributed by atoms with E-state index < -0.39 is 0 Å². The van der Waals surface area contributed by atoms with Crippen LogP contribution in [0.2, 0.25) is 0 Å². The summed E-state index contributed by atoms with van der Waals surface area (Å²) in [5.41, 5.74) is 12.0. The lowest BCUT2D eigenvalue weighted by Crippen LogP contribution is -2.03. The van der Waals surface area contributed by atoms with E-state index in [1.165, 1.54) is 16.7 Å². The van der Waals surface area contributed by atoms with Gasteiger partial charge < -0.3 is 5.73 Å². The Kier molecular flexibility index (Phi) is 17.0. The van der Waals surface area contributed by atoms with E-state index in [1.54, 1.807) is 0 Å². The summed E-state index contributed by atoms with van der Waals surface area (Å²) in [7, 11) is 0. The standard InChI is InChI=1S/C18H21N.3C2H6/c1-3-14(2)12-18(19)17-11-7-10-16(13-17)15-8-5-4-6-9-15;3*1-2/h3-6,8-9,11-13H,7,10,19H2,1-2H3;3*1-2H3/b14-3-,18-12-;;;. The molecule has 2 rings (SSSR count). The fourth-order valence-electron chi connectivity index (χ4n) is 2.20. The van der Waals surface area contributed by atoms with Gasteiger partial charge in [0.2, 0.25) is 0 Å². The zero-order valence-electron chi connectivity index (χ0n) is 17.7. The van der Waals surface area contributed by atoms with Gasteiger partial charge in [0, 0.05) is 5.70 Å². The number of allylic oxidation sites excluding steroid dienone is 6. The summed E-state index contributed by atoms with van der Waals surface area (Å²) in [6.45, 7) is 16.1. The van der Waals surface area contributed by atoms with Crippen LogP contribution in [0.5, 0.6) is 0 Å². The summed E-state index contributed by atoms with van der Waals surface area (Å²) in [5, 5.41) is 0. The highest BCUT2D eigenvalue weighted by molar-refractivity contribution is 5.71. The molecule has 0 saturated carbocycles. The van der Waals surface area contributed by atoms with Gasteiger partial charge in [-0.3, -0.25) is 0 Å². The van der Waals surface area contributed by atoms with Crippen molar-refractivity contribution < 1.29 is 0 Å². The largest absolute Gasteiger partial charge is 0.398 e. The molecule has 1 nitrogen and oxygen atoms in total. The number of rotatable bonds is 3. The second kappa shape index (κ2) is 16.8. The summed E-state index contributed by atoms with van der Waals surface area (Å²) in [4.78, 5) is 0. The number of nitrogens with two attached hydrogens (primary N) is 1. The maximum absolute atomic E-state index is 6.17. The van der Waals surface area contributed by atoms with E-state index in [4.69, 9.17) is 5.73 Å². The van der Waals surface area contributed by atoms with Crippen LogP contribution in [-0.2, 0) is 0 Å². The first kappa shape index (κ1) is 25.2. The van der Waals surface area contributed by atoms with E-state index in [2.05, 4.69) is 49.4 Å². The van der Waals surface area contributed by atoms with Crippen LogP contribution in [0.4, 0.5) is 0 Å². The molecule has 25 heavy (non-hydrogen) atoms. The molecular formula is C24H39N. The molecule has 1 aromatic rings. The molecule has 0 aliphatic heterocycles. The molecule has 0 radical (unpaired) electrons. The van der Waals surface area contributed by atoms with Gasteiger partial charge in [0.25, 0.3) is 0 Å². The van der Waals surface area contributed by atoms with Crippen LogP contribution in [-0.4, -0.2) is 0 Å². The topological polar surface area (TPSA) is 26.0 Å². The van der Waals surface area contributed by atoms with Crippen molar-refractivity contribution in [3.8, 4) is 0 Å². The van der Waals surface area contributed by atoms with Gasteiger partial charge in [0.05, 0.1) is 0 Å². The molecule has 1 aliphatic rings. The lowest BCUT2D eigenvalue weighted by Gasteiger charge is -2.14. The molecule has 0 aromatic heterocycles. The molecule has 1 heteroatoms. The first-order chi connectivity index (χ1) is 12.2. The van der Waals surface area contributed by atoms with Crippen molar-refractivity contribution in [2.24, 2.45) is 5.73 Å². The van der Waals surface area contributed by atoms with Crippen LogP contribution in [0.25, 0.3) is 5.57 Å². The Morgan fingerprint density at radius 3 is 2.04 bits per heavy atom. The second-order valence-corrected chi connectivity index (χ2v) is 4.87. The fraction of sp³-hybridized carbons (Fsp3) is 0.417. The van der Waals surface area contributed by atoms with E-state index in [9.17, 15) is 0 Å². The van der Waals surface area contributed by atoms with Crippen LogP contribution >= 0.6 is 0 Å². The summed E-state index contributed by atoms with van der Waals surface area (Å²) < 4.78 is 0. The quantitative estimate of drug-likeness (QED) is 0.560. The van der Waals surface area contributed by atoms with Gasteiger partial charge in [-0.15, -0.1) is 0 Å². The minimum Gasteiger partial charge on any atom is -0.398 e. The smallest absolute Gasteiger partial charge is 0.0387 e. The van der Waals surface area contributed by atoms with Crippen molar-refractivity contribution in [3.63, 3.8) is 0 Å². The molecule has 1 aliphatic carbocycles. The molecule has 0 spiro atoms. The normalized spacial score (nSPS) is 13.6. The SMILES string of the molecule is C/C=C(C)\C=C(/N)C1=CCCC(c2ccccc2)=C1.CC.CC.CC. The Morgan fingerprint density at radius 2 is 1.52 bits per heavy atom. The van der Waals surface area contributed by atoms with E-state index in [1.807, 2.05) is 60.6 Å². The molecule has 0 heterocycles. The molecule has 2 N–H and O–H groups in total. The van der Waals surface area contributed by atoms with E-state index in [0.29, 0.717) is 0 Å². The Balaban J connectivity index is 0. The van der Waals surface area contributed by atoms with Gasteiger partial charge in [0.15, 0.2) is 0 Å². The van der Waals surface area contributed by atoms with Gasteiger partial charge in [0.1, 0.15) is 0 Å². The molecule has 0 saturated heterocycles. The predicted octanol–water partition coefficient (Wildman–Crippen LogP) is 7.68. The third kappa shape index (κ3) is 9.76. The van der Waals surface area contributed by atoms with Gasteiger partial charge >= 0.3 is 0 Å². The van der Waals surface area contributed by atoms with E-state index >= 15 is 0 Å². The van der Waals surface area contributed by atoms with Crippen molar-refractivity contribution in [2.75, 3.05) is 0 Å². The molecule has 140 valence electrons. The van der Waals surface area contributed by atoms with Gasteiger partial charge in [-0.1, -0.05) is 89.6 Å². The third-order valence-corrected chi connectivity index (χ3v) is 3.42. The van der Waals surface area contributed by atoms with Crippen LogP contribution < -0.4 is 5.73 Å². The average Bonchev–Trinajstić information content (AvgIpc) is 2.73. The molecule has 1 aromatic carbocycles. The molecule has 0 fully saturated rings. The monoisotopic (exact) mass is 341 g/mol. The third-order valence-electron chi connectivity index (χ3n) is 3.42. The van der Waals surface area contributed by atoms with Crippen LogP contribution in [0.3, 0.4) is 0 Å². The van der Waals surface area contributed by atoms with Crippen molar-refractivity contribution in [1.82, 2.24) is 0 Å². The number of benzene rings is 1. The molecule has 0 amide bonds. The predicted molar refractivity (Wildman–Crippen MR) is 117 cm³/mol. The minimum absolute atomic E-state index is 0.851. The van der Waals surface area contributed by atoms with Crippen molar-refractivity contribution in [3.05, 3.63) is 77.0 Å². The van der Waals surface area contributed by atoms with Gasteiger partial charge in [-0.2, -0.15) is 0 Å². The van der Waals surface area contributed by atoms with Crippen molar-refractivity contribution in [1.29, 1.82) is 0 Å². The minimum atomic E-state index is 0.851. The van der Waals surface area contributed by atoms with Gasteiger partial charge in [-0.05, 0) is 55.6 Å². The molecule has 0 atom stereocenters. The van der Waals surface area contributed by atoms with Gasteiger partial charge in [-0.25, -0.2) is 0 Å². The van der Waals surface area contributed by atoms with Crippen molar-refractivity contribution >= 4 is 5.57 Å². The van der Waals surface area contributed by atoms with E-state index in [-0.39, 0.29) is 0 Å². The summed E-state index contributed by atoms with van der Waals surface area (Å²) in [5.74, 6) is 0. The maximum Gasteiger partial charge on any atom is 0.0387 e. The zero-order valence-corrected chi connectivity index (χ0v) is 17.7. The Labute approximate surface area is 157 Å². The summed E-state index contributed by atoms with van der Waals surface area (Å²) in [6, 6.07) is 10.5. The maximum atomic E-state index is 6.17. The first-order valence-corrected chi connectivity index (χ1v) is 9.77. The molecule has 0 bridgehead atoms.